The summed E-state index contributed by atoms with van der Waals surface area (Å²) in [6.07, 6.45) is 0. The van der Waals surface area contributed by atoms with Crippen LogP contribution in [0.5, 0.6) is 0 Å². The van der Waals surface area contributed by atoms with E-state index >= 15 is 0 Å². The van der Waals surface area contributed by atoms with Crippen LogP contribution in [0.2, 0.25) is 0 Å². The zero-order chi connectivity index (χ0) is 18.3. The third-order valence-corrected chi connectivity index (χ3v) is 4.12. The summed E-state index contributed by atoms with van der Waals surface area (Å²) < 4.78 is 41.2. The number of anilines is 2. The van der Waals surface area contributed by atoms with Crippen molar-refractivity contribution in [3.05, 3.63) is 75.8 Å². The molecule has 2 aromatic carbocycles. The monoisotopic (exact) mass is 358 g/mol. The lowest BCUT2D eigenvalue weighted by Crippen LogP contribution is -2.22. The van der Waals surface area contributed by atoms with Gasteiger partial charge in [0.05, 0.1) is 30.3 Å². The molecule has 3 aromatic rings. The Morgan fingerprint density at radius 1 is 0.962 bits per heavy atom. The molecule has 5 nitrogen and oxygen atoms in total. The number of aromatic nitrogens is 2. The number of halogens is 3. The van der Waals surface area contributed by atoms with Crippen LogP contribution < -0.4 is 16.2 Å². The van der Waals surface area contributed by atoms with Crippen molar-refractivity contribution < 1.29 is 13.2 Å². The SMILES string of the molecule is O=c1ccc(-c2cc(F)c(F)c(F)c2)nn1Cc1ccc2c(c1)NCN2. The van der Waals surface area contributed by atoms with Crippen LogP contribution in [0, 0.1) is 17.5 Å². The van der Waals surface area contributed by atoms with Gasteiger partial charge in [-0.25, -0.2) is 17.9 Å². The van der Waals surface area contributed by atoms with E-state index in [1.54, 1.807) is 0 Å². The van der Waals surface area contributed by atoms with Crippen LogP contribution in [-0.2, 0) is 6.54 Å². The molecule has 4 rings (SSSR count). The molecular formula is C18H13F3N4O. The summed E-state index contributed by atoms with van der Waals surface area (Å²) in [5.74, 6) is -4.16. The summed E-state index contributed by atoms with van der Waals surface area (Å²) in [5.41, 5.74) is 2.60. The molecule has 0 saturated carbocycles. The Kier molecular flexibility index (Phi) is 3.87. The first-order valence-electron chi connectivity index (χ1n) is 7.85. The van der Waals surface area contributed by atoms with E-state index in [4.69, 9.17) is 0 Å². The van der Waals surface area contributed by atoms with Crippen LogP contribution in [0.25, 0.3) is 11.3 Å². The van der Waals surface area contributed by atoms with Crippen molar-refractivity contribution in [2.75, 3.05) is 17.3 Å². The van der Waals surface area contributed by atoms with Gasteiger partial charge in [0.2, 0.25) is 0 Å². The maximum absolute atomic E-state index is 13.5. The van der Waals surface area contributed by atoms with Crippen molar-refractivity contribution in [2.24, 2.45) is 0 Å². The molecule has 0 amide bonds. The fourth-order valence-electron chi connectivity index (χ4n) is 2.82. The second-order valence-electron chi connectivity index (χ2n) is 5.88. The van der Waals surface area contributed by atoms with Gasteiger partial charge in [0.1, 0.15) is 0 Å². The highest BCUT2D eigenvalue weighted by Crippen LogP contribution is 2.27. The normalized spacial score (nSPS) is 12.4. The molecule has 1 aliphatic heterocycles. The van der Waals surface area contributed by atoms with Crippen LogP contribution in [0.4, 0.5) is 24.5 Å². The number of benzene rings is 2. The number of hydrogen-bond donors (Lipinski definition) is 2. The van der Waals surface area contributed by atoms with E-state index in [-0.39, 0.29) is 23.4 Å². The summed E-state index contributed by atoms with van der Waals surface area (Å²) in [5, 5.41) is 10.5. The van der Waals surface area contributed by atoms with E-state index in [1.807, 2.05) is 18.2 Å². The minimum Gasteiger partial charge on any atom is -0.366 e. The number of fused-ring (bicyclic) bond motifs is 1. The van der Waals surface area contributed by atoms with Gasteiger partial charge < -0.3 is 10.6 Å². The zero-order valence-corrected chi connectivity index (χ0v) is 13.4. The van der Waals surface area contributed by atoms with Crippen LogP contribution in [0.15, 0.2) is 47.3 Å². The molecule has 1 aliphatic rings. The van der Waals surface area contributed by atoms with Crippen LogP contribution >= 0.6 is 0 Å². The zero-order valence-electron chi connectivity index (χ0n) is 13.4. The summed E-state index contributed by atoms with van der Waals surface area (Å²) >= 11 is 0. The molecule has 0 atom stereocenters. The molecule has 0 saturated heterocycles. The van der Waals surface area contributed by atoms with Gasteiger partial charge in [-0.3, -0.25) is 4.79 Å². The van der Waals surface area contributed by atoms with Gasteiger partial charge in [0.15, 0.2) is 17.5 Å². The van der Waals surface area contributed by atoms with Crippen LogP contribution in [0.3, 0.4) is 0 Å². The van der Waals surface area contributed by atoms with Gasteiger partial charge in [-0.2, -0.15) is 5.10 Å². The van der Waals surface area contributed by atoms with Crippen molar-refractivity contribution in [2.45, 2.75) is 6.54 Å². The molecule has 0 radical (unpaired) electrons. The maximum atomic E-state index is 13.5. The van der Waals surface area contributed by atoms with Crippen LogP contribution in [-0.4, -0.2) is 16.4 Å². The first kappa shape index (κ1) is 16.2. The van der Waals surface area contributed by atoms with Crippen LogP contribution in [0.1, 0.15) is 5.56 Å². The fraction of sp³-hybridized carbons (Fsp3) is 0.111. The highest BCUT2D eigenvalue weighted by atomic mass is 19.2. The molecule has 2 N–H and O–H groups in total. The quantitative estimate of drug-likeness (QED) is 0.706. The number of nitrogens with zero attached hydrogens (tertiary/aromatic N) is 2. The third kappa shape index (κ3) is 2.90. The fourth-order valence-corrected chi connectivity index (χ4v) is 2.82. The van der Waals surface area contributed by atoms with Gasteiger partial charge in [0.25, 0.3) is 5.56 Å². The second-order valence-corrected chi connectivity index (χ2v) is 5.88. The molecule has 132 valence electrons. The summed E-state index contributed by atoms with van der Waals surface area (Å²) in [7, 11) is 0. The Morgan fingerprint density at radius 3 is 2.46 bits per heavy atom. The Labute approximate surface area is 146 Å². The summed E-state index contributed by atoms with van der Waals surface area (Å²) in [6.45, 7) is 0.821. The molecule has 0 unspecified atom stereocenters. The Morgan fingerprint density at radius 2 is 1.69 bits per heavy atom. The van der Waals surface area contributed by atoms with E-state index in [9.17, 15) is 18.0 Å². The summed E-state index contributed by atoms with van der Waals surface area (Å²) in [4.78, 5) is 12.1. The topological polar surface area (TPSA) is 59.0 Å². The predicted octanol–water partition coefficient (Wildman–Crippen LogP) is 3.17. The predicted molar refractivity (Wildman–Crippen MR) is 91.5 cm³/mol. The highest BCUT2D eigenvalue weighted by molar-refractivity contribution is 5.73. The van der Waals surface area contributed by atoms with Gasteiger partial charge >= 0.3 is 0 Å². The van der Waals surface area contributed by atoms with E-state index in [2.05, 4.69) is 15.7 Å². The van der Waals surface area contributed by atoms with Crippen molar-refractivity contribution in [3.63, 3.8) is 0 Å². The molecular weight excluding hydrogens is 345 g/mol. The van der Waals surface area contributed by atoms with Gasteiger partial charge in [-0.05, 0) is 35.9 Å². The highest BCUT2D eigenvalue weighted by Gasteiger charge is 2.14. The number of rotatable bonds is 3. The lowest BCUT2D eigenvalue weighted by Gasteiger charge is -2.09. The molecule has 26 heavy (non-hydrogen) atoms. The number of nitrogens with one attached hydrogen (secondary N) is 2. The lowest BCUT2D eigenvalue weighted by molar-refractivity contribution is 0.447. The van der Waals surface area contributed by atoms with Crippen molar-refractivity contribution in [3.8, 4) is 11.3 Å². The molecule has 2 heterocycles. The van der Waals surface area contributed by atoms with E-state index in [0.29, 0.717) is 6.67 Å². The maximum Gasteiger partial charge on any atom is 0.267 e. The van der Waals surface area contributed by atoms with Crippen molar-refractivity contribution >= 4 is 11.4 Å². The molecule has 8 heteroatoms. The largest absolute Gasteiger partial charge is 0.366 e. The Balaban J connectivity index is 1.70. The molecule has 0 aliphatic carbocycles. The summed E-state index contributed by atoms with van der Waals surface area (Å²) in [6, 6.07) is 9.95. The third-order valence-electron chi connectivity index (χ3n) is 4.12. The molecule has 1 aromatic heterocycles. The first-order chi connectivity index (χ1) is 12.5. The van der Waals surface area contributed by atoms with E-state index in [0.717, 1.165) is 29.1 Å². The standard InChI is InChI=1S/C18H13F3N4O/c19-12-6-11(7-13(20)18(12)21)14-3-4-17(26)25(24-14)8-10-1-2-15-16(5-10)23-9-22-15/h1-7,22-23H,8-9H2. The smallest absolute Gasteiger partial charge is 0.267 e. The average molecular weight is 358 g/mol. The Hall–Kier alpha value is -3.29. The lowest BCUT2D eigenvalue weighted by atomic mass is 10.1. The minimum atomic E-state index is -1.54. The minimum absolute atomic E-state index is 0.0509. The Bertz CT molecular complexity index is 1040. The van der Waals surface area contributed by atoms with Crippen molar-refractivity contribution in [1.82, 2.24) is 9.78 Å². The molecule has 0 bridgehead atoms. The van der Waals surface area contributed by atoms with Gasteiger partial charge in [-0.15, -0.1) is 0 Å². The van der Waals surface area contributed by atoms with Gasteiger partial charge in [-0.1, -0.05) is 6.07 Å². The first-order valence-corrected chi connectivity index (χ1v) is 7.85. The van der Waals surface area contributed by atoms with E-state index in [1.165, 1.54) is 16.8 Å². The van der Waals surface area contributed by atoms with Gasteiger partial charge in [0, 0.05) is 11.6 Å². The van der Waals surface area contributed by atoms with E-state index < -0.39 is 17.5 Å². The molecule has 0 spiro atoms. The average Bonchev–Trinajstić information content (AvgIpc) is 3.09. The number of hydrogen-bond acceptors (Lipinski definition) is 4. The molecule has 0 fully saturated rings. The second kappa shape index (κ2) is 6.21. The van der Waals surface area contributed by atoms with Crippen molar-refractivity contribution in [1.29, 1.82) is 0 Å².